The fraction of sp³-hybridized carbons (Fsp3) is 0.154. The van der Waals surface area contributed by atoms with Gasteiger partial charge in [-0.3, -0.25) is 4.79 Å². The van der Waals surface area contributed by atoms with Gasteiger partial charge in [0.05, 0.1) is 28.2 Å². The maximum Gasteiger partial charge on any atom is 0.308 e. The highest BCUT2D eigenvalue weighted by Gasteiger charge is 2.26. The molecule has 3 N–H and O–H groups in total. The minimum Gasteiger partial charge on any atom is -0.411 e. The number of imidazole rings is 1. The van der Waals surface area contributed by atoms with Gasteiger partial charge in [0.1, 0.15) is 0 Å². The molecule has 0 aliphatic carbocycles. The molecule has 2 aromatic rings. The monoisotopic (exact) mass is 405 g/mol. The van der Waals surface area contributed by atoms with Crippen LogP contribution < -0.4 is 5.73 Å². The molecule has 1 aromatic carbocycles. The average molecular weight is 406 g/mol. The molecule has 0 saturated carbocycles. The van der Waals surface area contributed by atoms with Crippen molar-refractivity contribution in [3.05, 3.63) is 39.8 Å². The molecular formula is C13H13Cl2N5O4S. The van der Waals surface area contributed by atoms with Crippen LogP contribution in [0.5, 0.6) is 0 Å². The van der Waals surface area contributed by atoms with Crippen molar-refractivity contribution in [1.29, 1.82) is 0 Å². The van der Waals surface area contributed by atoms with Crippen molar-refractivity contribution in [3.63, 3.8) is 0 Å². The summed E-state index contributed by atoms with van der Waals surface area (Å²) >= 11 is 12.2. The first-order chi connectivity index (χ1) is 11.6. The molecule has 1 heterocycles. The maximum absolute atomic E-state index is 12.3. The number of nitrogens with zero attached hydrogens (tertiary/aromatic N) is 4. The molecule has 0 aliphatic heterocycles. The Morgan fingerprint density at radius 2 is 2.04 bits per heavy atom. The first-order valence-corrected chi connectivity index (χ1v) is 8.74. The van der Waals surface area contributed by atoms with E-state index in [-0.39, 0.29) is 26.9 Å². The third kappa shape index (κ3) is 3.47. The van der Waals surface area contributed by atoms with Gasteiger partial charge < -0.3 is 10.9 Å². The second-order valence-electron chi connectivity index (χ2n) is 4.97. The Morgan fingerprint density at radius 1 is 1.40 bits per heavy atom. The number of aromatic nitrogens is 2. The molecule has 0 bridgehead atoms. The number of carbonyl (C=O) groups excluding carboxylic acids is 1. The number of rotatable bonds is 5. The van der Waals surface area contributed by atoms with Crippen LogP contribution in [-0.2, 0) is 10.2 Å². The fourth-order valence-corrected chi connectivity index (χ4v) is 3.45. The summed E-state index contributed by atoms with van der Waals surface area (Å²) in [6, 6.07) is 2.95. The smallest absolute Gasteiger partial charge is 0.308 e. The highest BCUT2D eigenvalue weighted by Crippen LogP contribution is 2.34. The van der Waals surface area contributed by atoms with Gasteiger partial charge in [-0.05, 0) is 12.1 Å². The van der Waals surface area contributed by atoms with E-state index >= 15 is 0 Å². The average Bonchev–Trinajstić information content (AvgIpc) is 2.97. The van der Waals surface area contributed by atoms with Crippen LogP contribution in [0, 0.1) is 0 Å². The Kier molecular flexibility index (Phi) is 5.37. The first-order valence-electron chi connectivity index (χ1n) is 6.59. The number of amides is 1. The summed E-state index contributed by atoms with van der Waals surface area (Å²) in [4.78, 5) is 15.6. The van der Waals surface area contributed by atoms with Crippen molar-refractivity contribution in [3.8, 4) is 11.3 Å². The fourth-order valence-electron chi connectivity index (χ4n) is 1.95. The second-order valence-corrected chi connectivity index (χ2v) is 7.77. The number of hydrogen-bond acceptors (Lipinski definition) is 6. The molecule has 12 heteroatoms. The van der Waals surface area contributed by atoms with E-state index in [1.54, 1.807) is 0 Å². The lowest BCUT2D eigenvalue weighted by Gasteiger charge is -2.12. The van der Waals surface area contributed by atoms with Crippen LogP contribution in [-0.4, -0.2) is 53.1 Å². The molecule has 0 atom stereocenters. The maximum atomic E-state index is 12.3. The summed E-state index contributed by atoms with van der Waals surface area (Å²) in [5, 5.41) is 11.9. The van der Waals surface area contributed by atoms with Crippen LogP contribution in [0.25, 0.3) is 11.3 Å². The number of halogens is 2. The van der Waals surface area contributed by atoms with Crippen LogP contribution in [0.1, 0.15) is 16.2 Å². The van der Waals surface area contributed by atoms with Gasteiger partial charge >= 0.3 is 10.2 Å². The molecule has 0 fully saturated rings. The largest absolute Gasteiger partial charge is 0.411 e. The number of oxime groups is 1. The molecule has 0 spiro atoms. The van der Waals surface area contributed by atoms with Gasteiger partial charge in [0.15, 0.2) is 0 Å². The van der Waals surface area contributed by atoms with E-state index in [1.165, 1.54) is 26.2 Å². The minimum atomic E-state index is -4.03. The van der Waals surface area contributed by atoms with Gasteiger partial charge in [0.2, 0.25) is 5.82 Å². The van der Waals surface area contributed by atoms with Gasteiger partial charge in [0.25, 0.3) is 5.91 Å². The number of benzene rings is 1. The van der Waals surface area contributed by atoms with E-state index in [0.717, 1.165) is 16.7 Å². The summed E-state index contributed by atoms with van der Waals surface area (Å²) in [6.07, 6.45) is 2.14. The van der Waals surface area contributed by atoms with E-state index in [4.69, 9.17) is 34.1 Å². The summed E-state index contributed by atoms with van der Waals surface area (Å²) < 4.78 is 26.2. The number of primary amides is 1. The van der Waals surface area contributed by atoms with E-state index in [9.17, 15) is 13.2 Å². The van der Waals surface area contributed by atoms with Crippen LogP contribution in [0.2, 0.25) is 10.0 Å². The SMILES string of the molecule is CN(C)S(=O)(=O)n1cc(-c2ccc(Cl)c(/C=N\O)c2Cl)nc1C(N)=O. The molecule has 0 saturated heterocycles. The third-order valence-corrected chi connectivity index (χ3v) is 5.63. The normalized spacial score (nSPS) is 12.2. The van der Waals surface area contributed by atoms with Crippen molar-refractivity contribution in [2.75, 3.05) is 14.1 Å². The van der Waals surface area contributed by atoms with Crippen molar-refractivity contribution < 1.29 is 18.4 Å². The van der Waals surface area contributed by atoms with Gasteiger partial charge in [-0.1, -0.05) is 28.4 Å². The first kappa shape index (κ1) is 19.2. The highest BCUT2D eigenvalue weighted by molar-refractivity contribution is 7.87. The molecule has 1 amide bonds. The summed E-state index contributed by atoms with van der Waals surface area (Å²) in [6.45, 7) is 0. The van der Waals surface area contributed by atoms with Crippen molar-refractivity contribution in [1.82, 2.24) is 13.3 Å². The molecule has 0 radical (unpaired) electrons. The molecular weight excluding hydrogens is 393 g/mol. The highest BCUT2D eigenvalue weighted by atomic mass is 35.5. The lowest BCUT2D eigenvalue weighted by molar-refractivity contribution is 0.0989. The predicted octanol–water partition coefficient (Wildman–Crippen LogP) is 1.42. The zero-order chi connectivity index (χ0) is 18.9. The Balaban J connectivity index is 2.75. The van der Waals surface area contributed by atoms with E-state index in [2.05, 4.69) is 10.1 Å². The van der Waals surface area contributed by atoms with Gasteiger partial charge in [-0.25, -0.2) is 8.96 Å². The second kappa shape index (κ2) is 7.00. The Hall–Kier alpha value is -2.14. The molecule has 25 heavy (non-hydrogen) atoms. The lowest BCUT2D eigenvalue weighted by Crippen LogP contribution is -2.32. The lowest BCUT2D eigenvalue weighted by atomic mass is 10.1. The zero-order valence-electron chi connectivity index (χ0n) is 13.0. The molecule has 2 rings (SSSR count). The Bertz CT molecular complexity index is 969. The van der Waals surface area contributed by atoms with Crippen LogP contribution in [0.15, 0.2) is 23.5 Å². The predicted molar refractivity (Wildman–Crippen MR) is 93.6 cm³/mol. The third-order valence-electron chi connectivity index (χ3n) is 3.19. The van der Waals surface area contributed by atoms with E-state index in [0.29, 0.717) is 3.97 Å². The summed E-state index contributed by atoms with van der Waals surface area (Å²) in [7, 11) is -1.44. The van der Waals surface area contributed by atoms with Crippen molar-refractivity contribution in [2.24, 2.45) is 10.9 Å². The minimum absolute atomic E-state index is 0.0632. The van der Waals surface area contributed by atoms with Gasteiger partial charge in [-0.2, -0.15) is 12.7 Å². The number of hydrogen-bond donors (Lipinski definition) is 2. The van der Waals surface area contributed by atoms with Crippen LogP contribution >= 0.6 is 23.2 Å². The summed E-state index contributed by atoms with van der Waals surface area (Å²) in [5.41, 5.74) is 5.78. The Labute approximate surface area is 153 Å². The molecule has 1 aromatic heterocycles. The Morgan fingerprint density at radius 3 is 2.56 bits per heavy atom. The number of carbonyl (C=O) groups is 1. The van der Waals surface area contributed by atoms with Crippen LogP contribution in [0.3, 0.4) is 0 Å². The summed E-state index contributed by atoms with van der Waals surface area (Å²) in [5.74, 6) is -1.51. The van der Waals surface area contributed by atoms with Crippen molar-refractivity contribution >= 4 is 45.5 Å². The quantitative estimate of drug-likeness (QED) is 0.441. The molecule has 0 unspecified atom stereocenters. The number of nitrogens with two attached hydrogens (primary N) is 1. The molecule has 134 valence electrons. The molecule has 9 nitrogen and oxygen atoms in total. The van der Waals surface area contributed by atoms with Crippen LogP contribution in [0.4, 0.5) is 0 Å². The van der Waals surface area contributed by atoms with Gasteiger partial charge in [-0.15, -0.1) is 0 Å². The zero-order valence-corrected chi connectivity index (χ0v) is 15.3. The standard InChI is InChI=1S/C13H13Cl2N5O4S/c1-19(2)25(23,24)20-6-10(18-13(20)12(16)21)7-3-4-9(14)8(5-17-22)11(7)15/h3-6,22H,1-2H3,(H2,16,21)/b17-5-. The van der Waals surface area contributed by atoms with Crippen molar-refractivity contribution in [2.45, 2.75) is 0 Å². The van der Waals surface area contributed by atoms with Gasteiger partial charge in [0, 0.05) is 25.2 Å². The molecule has 0 aliphatic rings. The van der Waals surface area contributed by atoms with E-state index < -0.39 is 21.9 Å². The topological polar surface area (TPSA) is 131 Å². The van der Waals surface area contributed by atoms with E-state index in [1.807, 2.05) is 0 Å².